The molecule has 0 fully saturated rings. The highest BCUT2D eigenvalue weighted by molar-refractivity contribution is 5.27. The molecule has 1 aromatic carbocycles. The van der Waals surface area contributed by atoms with Gasteiger partial charge in [-0.15, -0.1) is 0 Å². The van der Waals surface area contributed by atoms with E-state index in [2.05, 4.69) is 6.92 Å². The molecular weight excluding hydrogens is 148 g/mol. The Bertz CT molecular complexity index is 243. The second-order valence-electron chi connectivity index (χ2n) is 3.16. The topological polar surface area (TPSA) is 20.2 Å². The van der Waals surface area contributed by atoms with Crippen LogP contribution >= 0.6 is 0 Å². The van der Waals surface area contributed by atoms with Crippen LogP contribution in [0, 0.1) is 6.92 Å². The Morgan fingerprint density at radius 1 is 1.33 bits per heavy atom. The van der Waals surface area contributed by atoms with Crippen molar-refractivity contribution in [1.82, 2.24) is 0 Å². The minimum Gasteiger partial charge on any atom is -0.388 e. The molecule has 0 radical (unpaired) electrons. The summed E-state index contributed by atoms with van der Waals surface area (Å²) in [6.07, 6.45) is 1.59. The first-order valence-corrected chi connectivity index (χ1v) is 4.49. The van der Waals surface area contributed by atoms with Crippen LogP contribution in [-0.4, -0.2) is 5.11 Å². The van der Waals surface area contributed by atoms with Gasteiger partial charge in [0.1, 0.15) is 0 Å². The third-order valence-electron chi connectivity index (χ3n) is 2.11. The summed E-state index contributed by atoms with van der Waals surface area (Å²) >= 11 is 0. The molecule has 0 heterocycles. The van der Waals surface area contributed by atoms with Gasteiger partial charge in [-0.25, -0.2) is 0 Å². The van der Waals surface area contributed by atoms with E-state index in [0.29, 0.717) is 0 Å². The van der Waals surface area contributed by atoms with E-state index >= 15 is 0 Å². The smallest absolute Gasteiger partial charge is 0.0792 e. The summed E-state index contributed by atoms with van der Waals surface area (Å²) in [6, 6.07) is 8.00. The molecule has 1 heteroatoms. The molecule has 1 nitrogen and oxygen atoms in total. The van der Waals surface area contributed by atoms with Crippen molar-refractivity contribution in [3.63, 3.8) is 0 Å². The predicted octanol–water partition coefficient (Wildman–Crippen LogP) is 2.83. The summed E-state index contributed by atoms with van der Waals surface area (Å²) < 4.78 is 0. The van der Waals surface area contributed by atoms with Crippen LogP contribution in [0.4, 0.5) is 0 Å². The zero-order chi connectivity index (χ0) is 8.97. The molecule has 0 amide bonds. The van der Waals surface area contributed by atoms with E-state index < -0.39 is 0 Å². The van der Waals surface area contributed by atoms with Gasteiger partial charge in [0.15, 0.2) is 0 Å². The number of benzene rings is 1. The maximum atomic E-state index is 9.70. The minimum absolute atomic E-state index is 0.281. The first-order chi connectivity index (χ1) is 5.75. The normalized spacial score (nSPS) is 12.9. The van der Waals surface area contributed by atoms with Crippen molar-refractivity contribution in [3.05, 3.63) is 35.4 Å². The lowest BCUT2D eigenvalue weighted by Gasteiger charge is -2.11. The molecule has 0 saturated heterocycles. The highest BCUT2D eigenvalue weighted by Crippen LogP contribution is 2.20. The van der Waals surface area contributed by atoms with Gasteiger partial charge in [-0.05, 0) is 24.5 Å². The van der Waals surface area contributed by atoms with E-state index in [4.69, 9.17) is 0 Å². The summed E-state index contributed by atoms with van der Waals surface area (Å²) in [4.78, 5) is 0. The summed E-state index contributed by atoms with van der Waals surface area (Å²) in [6.45, 7) is 4.12. The number of rotatable bonds is 3. The van der Waals surface area contributed by atoms with Gasteiger partial charge < -0.3 is 5.11 Å². The molecule has 0 spiro atoms. The standard InChI is InChI=1S/C11H16O/c1-3-6-11(12)10-8-5-4-7-9(10)2/h4-5,7-8,11-12H,3,6H2,1-2H3/t11-/m1/s1. The highest BCUT2D eigenvalue weighted by Gasteiger charge is 2.07. The molecule has 0 aliphatic carbocycles. The fourth-order valence-corrected chi connectivity index (χ4v) is 1.39. The number of hydrogen-bond acceptors (Lipinski definition) is 1. The minimum atomic E-state index is -0.281. The molecule has 0 bridgehead atoms. The average Bonchev–Trinajstić information content (AvgIpc) is 2.05. The summed E-state index contributed by atoms with van der Waals surface area (Å²) in [5, 5.41) is 9.70. The van der Waals surface area contributed by atoms with Crippen molar-refractivity contribution in [2.24, 2.45) is 0 Å². The van der Waals surface area contributed by atoms with Gasteiger partial charge in [0, 0.05) is 0 Å². The fourth-order valence-electron chi connectivity index (χ4n) is 1.39. The van der Waals surface area contributed by atoms with Crippen molar-refractivity contribution < 1.29 is 5.11 Å². The van der Waals surface area contributed by atoms with Crippen LogP contribution in [0.15, 0.2) is 24.3 Å². The van der Waals surface area contributed by atoms with E-state index in [1.54, 1.807) is 0 Å². The number of aliphatic hydroxyl groups excluding tert-OH is 1. The molecule has 0 unspecified atom stereocenters. The van der Waals surface area contributed by atoms with E-state index in [1.807, 2.05) is 31.2 Å². The molecule has 1 rings (SSSR count). The van der Waals surface area contributed by atoms with Gasteiger partial charge in [0.2, 0.25) is 0 Å². The summed E-state index contributed by atoms with van der Waals surface area (Å²) in [5.74, 6) is 0. The SMILES string of the molecule is CCC[C@@H](O)c1ccccc1C. The molecule has 0 saturated carbocycles. The lowest BCUT2D eigenvalue weighted by atomic mass is 10.0. The zero-order valence-corrected chi connectivity index (χ0v) is 7.75. The van der Waals surface area contributed by atoms with Gasteiger partial charge in [0.05, 0.1) is 6.10 Å². The highest BCUT2D eigenvalue weighted by atomic mass is 16.3. The van der Waals surface area contributed by atoms with Crippen LogP contribution in [0.5, 0.6) is 0 Å². The Kier molecular flexibility index (Phi) is 3.30. The van der Waals surface area contributed by atoms with Crippen molar-refractivity contribution >= 4 is 0 Å². The Hall–Kier alpha value is -0.820. The van der Waals surface area contributed by atoms with Crippen molar-refractivity contribution in [2.75, 3.05) is 0 Å². The average molecular weight is 164 g/mol. The van der Waals surface area contributed by atoms with Crippen LogP contribution in [0.2, 0.25) is 0 Å². The largest absolute Gasteiger partial charge is 0.388 e. The Morgan fingerprint density at radius 2 is 2.00 bits per heavy atom. The van der Waals surface area contributed by atoms with Crippen molar-refractivity contribution in [3.8, 4) is 0 Å². The van der Waals surface area contributed by atoms with Crippen LogP contribution in [0.1, 0.15) is 37.0 Å². The third-order valence-corrected chi connectivity index (χ3v) is 2.11. The summed E-state index contributed by atoms with van der Waals surface area (Å²) in [5.41, 5.74) is 2.25. The molecule has 1 atom stereocenters. The van der Waals surface area contributed by atoms with Gasteiger partial charge in [-0.3, -0.25) is 0 Å². The molecule has 0 aromatic heterocycles. The summed E-state index contributed by atoms with van der Waals surface area (Å²) in [7, 11) is 0. The third kappa shape index (κ3) is 2.08. The second kappa shape index (κ2) is 4.27. The molecule has 1 aromatic rings. The van der Waals surface area contributed by atoms with E-state index in [1.165, 1.54) is 5.56 Å². The molecule has 0 aliphatic rings. The Balaban J connectivity index is 2.79. The maximum absolute atomic E-state index is 9.70. The Morgan fingerprint density at radius 3 is 2.58 bits per heavy atom. The fraction of sp³-hybridized carbons (Fsp3) is 0.455. The first kappa shape index (κ1) is 9.27. The zero-order valence-electron chi connectivity index (χ0n) is 7.75. The van der Waals surface area contributed by atoms with Crippen LogP contribution in [0.3, 0.4) is 0 Å². The van der Waals surface area contributed by atoms with Gasteiger partial charge in [-0.2, -0.15) is 0 Å². The number of hydrogen-bond donors (Lipinski definition) is 1. The van der Waals surface area contributed by atoms with Gasteiger partial charge >= 0.3 is 0 Å². The molecule has 12 heavy (non-hydrogen) atoms. The van der Waals surface area contributed by atoms with Crippen molar-refractivity contribution in [1.29, 1.82) is 0 Å². The lowest BCUT2D eigenvalue weighted by molar-refractivity contribution is 0.166. The second-order valence-corrected chi connectivity index (χ2v) is 3.16. The predicted molar refractivity (Wildman–Crippen MR) is 51.0 cm³/mol. The Labute approximate surface area is 74.1 Å². The molecular formula is C11H16O. The van der Waals surface area contributed by atoms with E-state index in [-0.39, 0.29) is 6.10 Å². The maximum Gasteiger partial charge on any atom is 0.0792 e. The van der Waals surface area contributed by atoms with Gasteiger partial charge in [0.25, 0.3) is 0 Å². The van der Waals surface area contributed by atoms with E-state index in [0.717, 1.165) is 18.4 Å². The first-order valence-electron chi connectivity index (χ1n) is 4.49. The van der Waals surface area contributed by atoms with E-state index in [9.17, 15) is 5.11 Å². The molecule has 66 valence electrons. The molecule has 1 N–H and O–H groups in total. The quantitative estimate of drug-likeness (QED) is 0.728. The van der Waals surface area contributed by atoms with Crippen LogP contribution in [0.25, 0.3) is 0 Å². The van der Waals surface area contributed by atoms with Gasteiger partial charge in [-0.1, -0.05) is 37.6 Å². The van der Waals surface area contributed by atoms with Crippen LogP contribution < -0.4 is 0 Å². The number of aliphatic hydroxyl groups is 1. The number of aryl methyl sites for hydroxylation is 1. The lowest BCUT2D eigenvalue weighted by Crippen LogP contribution is -1.98. The molecule has 0 aliphatic heterocycles. The van der Waals surface area contributed by atoms with Crippen LogP contribution in [-0.2, 0) is 0 Å². The monoisotopic (exact) mass is 164 g/mol. The van der Waals surface area contributed by atoms with Crippen molar-refractivity contribution in [2.45, 2.75) is 32.8 Å².